The van der Waals surface area contributed by atoms with Gasteiger partial charge in [0, 0.05) is 17.5 Å². The molecule has 1 rings (SSSR count). The molecule has 0 aliphatic heterocycles. The van der Waals surface area contributed by atoms with E-state index in [4.69, 9.17) is 23.2 Å². The molecule has 1 aromatic heterocycles. The number of rotatable bonds is 4. The summed E-state index contributed by atoms with van der Waals surface area (Å²) in [6, 6.07) is 1.38. The van der Waals surface area contributed by atoms with E-state index in [9.17, 15) is 10.1 Å². The van der Waals surface area contributed by atoms with Gasteiger partial charge in [-0.2, -0.15) is 0 Å². The summed E-state index contributed by atoms with van der Waals surface area (Å²) < 4.78 is 0. The lowest BCUT2D eigenvalue weighted by molar-refractivity contribution is -0.385. The first-order valence-electron chi connectivity index (χ1n) is 4.17. The van der Waals surface area contributed by atoms with E-state index < -0.39 is 4.92 Å². The van der Waals surface area contributed by atoms with Gasteiger partial charge in [0.1, 0.15) is 11.3 Å². The number of aromatic nitrogens is 1. The Morgan fingerprint density at radius 1 is 1.60 bits per heavy atom. The van der Waals surface area contributed by atoms with Crippen LogP contribution in [0.4, 0.5) is 5.69 Å². The van der Waals surface area contributed by atoms with Gasteiger partial charge in [-0.3, -0.25) is 10.1 Å². The van der Waals surface area contributed by atoms with Crippen molar-refractivity contribution in [2.75, 3.05) is 5.88 Å². The minimum Gasteiger partial charge on any atom is -0.258 e. The van der Waals surface area contributed by atoms with Crippen molar-refractivity contribution >= 4 is 35.0 Å². The Morgan fingerprint density at radius 2 is 2.33 bits per heavy atom. The predicted octanol–water partition coefficient (Wildman–Crippen LogP) is 3.29. The van der Waals surface area contributed by atoms with E-state index in [0.717, 1.165) is 6.20 Å². The summed E-state index contributed by atoms with van der Waals surface area (Å²) in [5.41, 5.74) is 0.445. The molecule has 0 fully saturated rings. The third-order valence-corrected chi connectivity index (χ3v) is 2.17. The fourth-order valence-corrected chi connectivity index (χ4v) is 1.24. The number of hydrogen-bond acceptors (Lipinski definition) is 3. The first kappa shape index (κ1) is 11.9. The van der Waals surface area contributed by atoms with Crippen LogP contribution in [0.25, 0.3) is 6.08 Å². The zero-order valence-corrected chi connectivity index (χ0v) is 9.20. The van der Waals surface area contributed by atoms with Crippen molar-refractivity contribution < 1.29 is 4.92 Å². The van der Waals surface area contributed by atoms with Crippen LogP contribution in [-0.2, 0) is 0 Å². The third kappa shape index (κ3) is 3.49. The highest BCUT2D eigenvalue weighted by atomic mass is 35.5. The van der Waals surface area contributed by atoms with E-state index in [-0.39, 0.29) is 10.8 Å². The maximum absolute atomic E-state index is 10.5. The van der Waals surface area contributed by atoms with Gasteiger partial charge in [0.05, 0.1) is 4.92 Å². The molecule has 0 N–H and O–H groups in total. The highest BCUT2D eigenvalue weighted by Gasteiger charge is 2.08. The van der Waals surface area contributed by atoms with Crippen LogP contribution < -0.4 is 0 Å². The second kappa shape index (κ2) is 5.68. The Hall–Kier alpha value is -1.13. The van der Waals surface area contributed by atoms with Gasteiger partial charge < -0.3 is 0 Å². The van der Waals surface area contributed by atoms with Crippen LogP contribution in [0.1, 0.15) is 12.0 Å². The predicted molar refractivity (Wildman–Crippen MR) is 60.3 cm³/mol. The van der Waals surface area contributed by atoms with Gasteiger partial charge in [-0.25, -0.2) is 4.98 Å². The Bertz CT molecular complexity index is 394. The van der Waals surface area contributed by atoms with Crippen LogP contribution >= 0.6 is 23.2 Å². The van der Waals surface area contributed by atoms with E-state index in [0.29, 0.717) is 17.9 Å². The zero-order chi connectivity index (χ0) is 11.3. The molecule has 15 heavy (non-hydrogen) atoms. The van der Waals surface area contributed by atoms with Crippen molar-refractivity contribution in [1.29, 1.82) is 0 Å². The van der Waals surface area contributed by atoms with Gasteiger partial charge in [0.2, 0.25) is 0 Å². The molecule has 6 heteroatoms. The molecule has 0 saturated heterocycles. The molecule has 0 spiro atoms. The number of allylic oxidation sites excluding steroid dienone is 1. The molecule has 0 aromatic carbocycles. The van der Waals surface area contributed by atoms with Crippen LogP contribution in [-0.4, -0.2) is 15.8 Å². The highest BCUT2D eigenvalue weighted by Crippen LogP contribution is 2.20. The second-order valence-corrected chi connectivity index (χ2v) is 3.45. The first-order chi connectivity index (χ1) is 7.15. The van der Waals surface area contributed by atoms with Crippen molar-refractivity contribution in [1.82, 2.24) is 4.98 Å². The van der Waals surface area contributed by atoms with E-state index in [2.05, 4.69) is 4.98 Å². The number of halogens is 2. The molecule has 4 nitrogen and oxygen atoms in total. The van der Waals surface area contributed by atoms with E-state index >= 15 is 0 Å². The largest absolute Gasteiger partial charge is 0.288 e. The Labute approximate surface area is 96.7 Å². The summed E-state index contributed by atoms with van der Waals surface area (Å²) in [6.45, 7) is 0. The van der Waals surface area contributed by atoms with Gasteiger partial charge in [-0.05, 0) is 6.42 Å². The van der Waals surface area contributed by atoms with Gasteiger partial charge in [0.15, 0.2) is 0 Å². The summed E-state index contributed by atoms with van der Waals surface area (Å²) in [6.07, 6.45) is 5.27. The number of hydrogen-bond donors (Lipinski definition) is 0. The van der Waals surface area contributed by atoms with Crippen molar-refractivity contribution in [2.24, 2.45) is 0 Å². The van der Waals surface area contributed by atoms with Crippen molar-refractivity contribution in [2.45, 2.75) is 6.42 Å². The van der Waals surface area contributed by atoms with Crippen LogP contribution in [0.5, 0.6) is 0 Å². The fourth-order valence-electron chi connectivity index (χ4n) is 0.944. The standard InChI is InChI=1S/C9H8Cl2N2O2/c10-4-2-1-3-7-5-8(13(14)15)6-12-9(7)11/h1,3,5-6H,2,4H2. The van der Waals surface area contributed by atoms with Gasteiger partial charge in [0.25, 0.3) is 5.69 Å². The molecule has 0 amide bonds. The molecule has 0 aliphatic carbocycles. The first-order valence-corrected chi connectivity index (χ1v) is 5.09. The minimum atomic E-state index is -0.512. The van der Waals surface area contributed by atoms with E-state index in [1.54, 1.807) is 12.2 Å². The summed E-state index contributed by atoms with van der Waals surface area (Å²) in [5, 5.41) is 10.7. The Balaban J connectivity index is 2.95. The number of pyridine rings is 1. The van der Waals surface area contributed by atoms with Crippen molar-refractivity contribution in [3.05, 3.63) is 39.2 Å². The number of nitrogens with zero attached hydrogens (tertiary/aromatic N) is 2. The molecule has 0 bridgehead atoms. The lowest BCUT2D eigenvalue weighted by Gasteiger charge is -1.96. The Morgan fingerprint density at radius 3 is 2.93 bits per heavy atom. The molecule has 0 saturated carbocycles. The van der Waals surface area contributed by atoms with Gasteiger partial charge in [-0.15, -0.1) is 11.6 Å². The Kier molecular flexibility index (Phi) is 4.52. The summed E-state index contributed by atoms with van der Waals surface area (Å²) in [7, 11) is 0. The molecular weight excluding hydrogens is 239 g/mol. The topological polar surface area (TPSA) is 56.0 Å². The van der Waals surface area contributed by atoms with Crippen LogP contribution in [0.15, 0.2) is 18.3 Å². The average Bonchev–Trinajstić information content (AvgIpc) is 2.20. The average molecular weight is 247 g/mol. The quantitative estimate of drug-likeness (QED) is 0.355. The lowest BCUT2D eigenvalue weighted by atomic mass is 10.2. The van der Waals surface area contributed by atoms with Crippen LogP contribution in [0, 0.1) is 10.1 Å². The van der Waals surface area contributed by atoms with Crippen LogP contribution in [0.3, 0.4) is 0 Å². The second-order valence-electron chi connectivity index (χ2n) is 2.71. The van der Waals surface area contributed by atoms with E-state index in [1.165, 1.54) is 6.07 Å². The monoisotopic (exact) mass is 246 g/mol. The normalized spacial score (nSPS) is 10.8. The zero-order valence-electron chi connectivity index (χ0n) is 7.69. The summed E-state index contributed by atoms with van der Waals surface area (Å²) >= 11 is 11.2. The number of nitro groups is 1. The maximum atomic E-state index is 10.5. The molecule has 0 atom stereocenters. The molecule has 1 aromatic rings. The summed E-state index contributed by atoms with van der Waals surface area (Å²) in [4.78, 5) is 13.7. The fraction of sp³-hybridized carbons (Fsp3) is 0.222. The van der Waals surface area contributed by atoms with Crippen LogP contribution in [0.2, 0.25) is 5.15 Å². The van der Waals surface area contributed by atoms with Gasteiger partial charge in [-0.1, -0.05) is 23.8 Å². The SMILES string of the molecule is O=[N+]([O-])c1cnc(Cl)c(C=CCCCl)c1. The maximum Gasteiger partial charge on any atom is 0.288 e. The highest BCUT2D eigenvalue weighted by molar-refractivity contribution is 6.30. The third-order valence-electron chi connectivity index (χ3n) is 1.64. The minimum absolute atomic E-state index is 0.0788. The lowest BCUT2D eigenvalue weighted by Crippen LogP contribution is -1.91. The summed E-state index contributed by atoms with van der Waals surface area (Å²) in [5.74, 6) is 0.497. The molecule has 0 unspecified atom stereocenters. The number of alkyl halides is 1. The smallest absolute Gasteiger partial charge is 0.258 e. The molecule has 0 radical (unpaired) electrons. The van der Waals surface area contributed by atoms with E-state index in [1.807, 2.05) is 0 Å². The van der Waals surface area contributed by atoms with Crippen molar-refractivity contribution in [3.63, 3.8) is 0 Å². The molecule has 0 aliphatic rings. The molecular formula is C9H8Cl2N2O2. The van der Waals surface area contributed by atoms with Crippen molar-refractivity contribution in [3.8, 4) is 0 Å². The molecule has 80 valence electrons. The molecule has 1 heterocycles. The van der Waals surface area contributed by atoms with Gasteiger partial charge >= 0.3 is 0 Å².